The number of nitrogen functional groups attached to an aromatic ring is 1. The van der Waals surface area contributed by atoms with Gasteiger partial charge in [-0.2, -0.15) is 0 Å². The number of benzene rings is 1. The van der Waals surface area contributed by atoms with Crippen LogP contribution < -0.4 is 5.73 Å². The van der Waals surface area contributed by atoms with Crippen LogP contribution >= 0.6 is 11.6 Å². The molecule has 1 aromatic carbocycles. The summed E-state index contributed by atoms with van der Waals surface area (Å²) in [5.41, 5.74) is 5.38. The molecule has 0 bridgehead atoms. The van der Waals surface area contributed by atoms with Crippen molar-refractivity contribution >= 4 is 23.3 Å². The van der Waals surface area contributed by atoms with Crippen LogP contribution in [0.2, 0.25) is 5.02 Å². The SMILES string of the molecule is Nc1cc(C2(CC(=O)O)CC(F)(F)C2)ccc1Cl. The summed E-state index contributed by atoms with van der Waals surface area (Å²) in [6.07, 6.45) is -1.26. The van der Waals surface area contributed by atoms with Gasteiger partial charge in [-0.05, 0) is 17.7 Å². The molecule has 0 atom stereocenters. The molecule has 1 aliphatic rings. The van der Waals surface area contributed by atoms with Crippen LogP contribution in [0.25, 0.3) is 0 Å². The molecule has 0 aliphatic heterocycles. The Morgan fingerprint density at radius 3 is 2.50 bits per heavy atom. The van der Waals surface area contributed by atoms with Crippen LogP contribution in [-0.4, -0.2) is 17.0 Å². The van der Waals surface area contributed by atoms with E-state index in [1.165, 1.54) is 12.1 Å². The normalized spacial score (nSPS) is 20.2. The second kappa shape index (κ2) is 4.09. The summed E-state index contributed by atoms with van der Waals surface area (Å²) in [7, 11) is 0. The topological polar surface area (TPSA) is 63.3 Å². The number of carboxylic acids is 1. The van der Waals surface area contributed by atoms with Crippen LogP contribution in [0.5, 0.6) is 0 Å². The zero-order valence-corrected chi connectivity index (χ0v) is 10.2. The highest BCUT2D eigenvalue weighted by Crippen LogP contribution is 2.55. The van der Waals surface area contributed by atoms with E-state index >= 15 is 0 Å². The number of carboxylic acid groups (broad SMARTS) is 1. The summed E-state index contributed by atoms with van der Waals surface area (Å²) in [6, 6.07) is 4.56. The maximum Gasteiger partial charge on any atom is 0.304 e. The third-order valence-electron chi connectivity index (χ3n) is 3.29. The van der Waals surface area contributed by atoms with Crippen molar-refractivity contribution in [3.63, 3.8) is 0 Å². The van der Waals surface area contributed by atoms with Gasteiger partial charge in [0.25, 0.3) is 0 Å². The molecule has 18 heavy (non-hydrogen) atoms. The molecule has 1 fully saturated rings. The van der Waals surface area contributed by atoms with Crippen molar-refractivity contribution < 1.29 is 18.7 Å². The lowest BCUT2D eigenvalue weighted by atomic mass is 9.60. The zero-order valence-electron chi connectivity index (χ0n) is 9.42. The van der Waals surface area contributed by atoms with Crippen LogP contribution in [-0.2, 0) is 10.2 Å². The Kier molecular flexibility index (Phi) is 2.97. The lowest BCUT2D eigenvalue weighted by Gasteiger charge is -2.47. The fraction of sp³-hybridized carbons (Fsp3) is 0.417. The number of anilines is 1. The number of hydrogen-bond donors (Lipinski definition) is 2. The fourth-order valence-electron chi connectivity index (χ4n) is 2.53. The minimum atomic E-state index is -2.80. The Balaban J connectivity index is 2.36. The van der Waals surface area contributed by atoms with Crippen molar-refractivity contribution in [2.75, 3.05) is 5.73 Å². The van der Waals surface area contributed by atoms with E-state index in [2.05, 4.69) is 0 Å². The lowest BCUT2D eigenvalue weighted by Crippen LogP contribution is -2.50. The molecule has 0 saturated heterocycles. The quantitative estimate of drug-likeness (QED) is 0.833. The molecular formula is C12H12ClF2NO2. The summed E-state index contributed by atoms with van der Waals surface area (Å²) >= 11 is 5.76. The van der Waals surface area contributed by atoms with Crippen LogP contribution in [0.15, 0.2) is 18.2 Å². The molecule has 0 heterocycles. The number of alkyl halides is 2. The van der Waals surface area contributed by atoms with Crippen LogP contribution in [0, 0.1) is 0 Å². The fourth-order valence-corrected chi connectivity index (χ4v) is 2.65. The van der Waals surface area contributed by atoms with Gasteiger partial charge in [0, 0.05) is 18.3 Å². The summed E-state index contributed by atoms with van der Waals surface area (Å²) in [4.78, 5) is 10.8. The monoisotopic (exact) mass is 275 g/mol. The van der Waals surface area contributed by atoms with Gasteiger partial charge in [0.1, 0.15) is 0 Å². The minimum Gasteiger partial charge on any atom is -0.481 e. The molecule has 3 N–H and O–H groups in total. The second-order valence-electron chi connectivity index (χ2n) is 4.80. The molecule has 1 saturated carbocycles. The van der Waals surface area contributed by atoms with E-state index in [0.717, 1.165) is 0 Å². The van der Waals surface area contributed by atoms with Gasteiger partial charge in [0.05, 0.1) is 17.1 Å². The van der Waals surface area contributed by atoms with Crippen molar-refractivity contribution in [2.24, 2.45) is 0 Å². The number of aliphatic carboxylic acids is 1. The van der Waals surface area contributed by atoms with Gasteiger partial charge in [0.15, 0.2) is 0 Å². The molecule has 0 spiro atoms. The number of halogens is 3. The number of rotatable bonds is 3. The van der Waals surface area contributed by atoms with Gasteiger partial charge in [-0.1, -0.05) is 17.7 Å². The Morgan fingerprint density at radius 2 is 2.06 bits per heavy atom. The summed E-state index contributed by atoms with van der Waals surface area (Å²) in [6.45, 7) is 0. The first kappa shape index (κ1) is 13.1. The van der Waals surface area contributed by atoms with Crippen molar-refractivity contribution in [1.29, 1.82) is 0 Å². The first-order chi connectivity index (χ1) is 8.24. The molecule has 2 rings (SSSR count). The Hall–Kier alpha value is -1.36. The highest BCUT2D eigenvalue weighted by atomic mass is 35.5. The van der Waals surface area contributed by atoms with E-state index in [-0.39, 0.29) is 12.1 Å². The number of carbonyl (C=O) groups is 1. The first-order valence-electron chi connectivity index (χ1n) is 5.39. The molecule has 0 amide bonds. The van der Waals surface area contributed by atoms with Gasteiger partial charge >= 0.3 is 5.97 Å². The Labute approximate surface area is 108 Å². The van der Waals surface area contributed by atoms with Gasteiger partial charge in [-0.25, -0.2) is 8.78 Å². The summed E-state index contributed by atoms with van der Waals surface area (Å²) < 4.78 is 26.2. The minimum absolute atomic E-state index is 0.272. The van der Waals surface area contributed by atoms with E-state index in [9.17, 15) is 13.6 Å². The predicted molar refractivity (Wildman–Crippen MR) is 64.0 cm³/mol. The first-order valence-corrected chi connectivity index (χ1v) is 5.77. The van der Waals surface area contributed by atoms with E-state index in [4.69, 9.17) is 22.4 Å². The van der Waals surface area contributed by atoms with E-state index in [1.54, 1.807) is 6.07 Å². The van der Waals surface area contributed by atoms with Crippen molar-refractivity contribution in [2.45, 2.75) is 30.6 Å². The Bertz CT molecular complexity index is 497. The molecule has 1 aliphatic carbocycles. The van der Waals surface area contributed by atoms with Crippen LogP contribution in [0.3, 0.4) is 0 Å². The molecule has 0 unspecified atom stereocenters. The summed E-state index contributed by atoms with van der Waals surface area (Å²) in [5.74, 6) is -3.90. The lowest BCUT2D eigenvalue weighted by molar-refractivity contribution is -0.153. The predicted octanol–water partition coefficient (Wildman–Crippen LogP) is 3.06. The van der Waals surface area contributed by atoms with E-state index < -0.39 is 30.1 Å². The molecule has 6 heteroatoms. The maximum atomic E-state index is 13.1. The smallest absolute Gasteiger partial charge is 0.304 e. The van der Waals surface area contributed by atoms with Crippen LogP contribution in [0.4, 0.5) is 14.5 Å². The average Bonchev–Trinajstić information content (AvgIpc) is 2.18. The molecule has 0 radical (unpaired) electrons. The average molecular weight is 276 g/mol. The molecular weight excluding hydrogens is 264 g/mol. The number of hydrogen-bond acceptors (Lipinski definition) is 2. The van der Waals surface area contributed by atoms with Gasteiger partial charge in [-0.3, -0.25) is 4.79 Å². The van der Waals surface area contributed by atoms with E-state index in [1.807, 2.05) is 0 Å². The highest BCUT2D eigenvalue weighted by molar-refractivity contribution is 6.33. The van der Waals surface area contributed by atoms with Crippen molar-refractivity contribution in [3.05, 3.63) is 28.8 Å². The molecule has 3 nitrogen and oxygen atoms in total. The third kappa shape index (κ3) is 2.27. The van der Waals surface area contributed by atoms with Gasteiger partial charge in [-0.15, -0.1) is 0 Å². The van der Waals surface area contributed by atoms with Crippen LogP contribution in [0.1, 0.15) is 24.8 Å². The molecule has 0 aromatic heterocycles. The van der Waals surface area contributed by atoms with Crippen molar-refractivity contribution in [1.82, 2.24) is 0 Å². The van der Waals surface area contributed by atoms with E-state index in [0.29, 0.717) is 10.6 Å². The second-order valence-corrected chi connectivity index (χ2v) is 5.20. The van der Waals surface area contributed by atoms with Gasteiger partial charge < -0.3 is 10.8 Å². The molecule has 1 aromatic rings. The number of nitrogens with two attached hydrogens (primary N) is 1. The zero-order chi connectivity index (χ0) is 13.6. The Morgan fingerprint density at radius 1 is 1.44 bits per heavy atom. The standard InChI is InChI=1S/C12H12ClF2NO2/c13-8-2-1-7(3-9(8)16)11(4-10(17)18)5-12(14,15)6-11/h1-3H,4-6,16H2,(H,17,18). The highest BCUT2D eigenvalue weighted by Gasteiger charge is 2.58. The van der Waals surface area contributed by atoms with Gasteiger partial charge in [0.2, 0.25) is 5.92 Å². The molecule has 98 valence electrons. The largest absolute Gasteiger partial charge is 0.481 e. The maximum absolute atomic E-state index is 13.1. The van der Waals surface area contributed by atoms with Crippen molar-refractivity contribution in [3.8, 4) is 0 Å². The summed E-state index contributed by atoms with van der Waals surface area (Å²) in [5, 5.41) is 9.20. The third-order valence-corrected chi connectivity index (χ3v) is 3.64.